The van der Waals surface area contributed by atoms with Crippen LogP contribution in [0, 0.1) is 26.2 Å². The second-order valence-corrected chi connectivity index (χ2v) is 6.89. The van der Waals surface area contributed by atoms with Crippen LogP contribution < -0.4 is 5.32 Å². The third-order valence-corrected chi connectivity index (χ3v) is 4.46. The van der Waals surface area contributed by atoms with Gasteiger partial charge in [-0.25, -0.2) is 0 Å². The monoisotopic (exact) mass is 275 g/mol. The van der Waals surface area contributed by atoms with Crippen LogP contribution in [0.1, 0.15) is 42.5 Å². The maximum absolute atomic E-state index is 5.73. The van der Waals surface area contributed by atoms with Crippen LogP contribution in [0.4, 0.5) is 0 Å². The summed E-state index contributed by atoms with van der Waals surface area (Å²) in [5.41, 5.74) is 6.01. The minimum absolute atomic E-state index is 0.273. The van der Waals surface area contributed by atoms with Crippen molar-refractivity contribution in [2.45, 2.75) is 53.5 Å². The Labute approximate surface area is 123 Å². The third kappa shape index (κ3) is 3.62. The fourth-order valence-electron chi connectivity index (χ4n) is 3.28. The van der Waals surface area contributed by atoms with Crippen molar-refractivity contribution < 1.29 is 4.74 Å². The van der Waals surface area contributed by atoms with Gasteiger partial charge in [-0.3, -0.25) is 0 Å². The van der Waals surface area contributed by atoms with E-state index in [0.717, 1.165) is 26.2 Å². The van der Waals surface area contributed by atoms with Crippen molar-refractivity contribution in [3.63, 3.8) is 0 Å². The Balaban J connectivity index is 2.20. The van der Waals surface area contributed by atoms with Crippen LogP contribution in [0.3, 0.4) is 0 Å². The van der Waals surface area contributed by atoms with E-state index in [4.69, 9.17) is 4.74 Å². The van der Waals surface area contributed by atoms with Crippen LogP contribution >= 0.6 is 0 Å². The quantitative estimate of drug-likeness (QED) is 0.887. The topological polar surface area (TPSA) is 21.3 Å². The number of hydrogen-bond acceptors (Lipinski definition) is 2. The van der Waals surface area contributed by atoms with E-state index in [9.17, 15) is 0 Å². The molecule has 1 saturated heterocycles. The zero-order valence-electron chi connectivity index (χ0n) is 13.7. The minimum atomic E-state index is 0.273. The molecule has 2 rings (SSSR count). The molecule has 1 atom stereocenters. The van der Waals surface area contributed by atoms with E-state index >= 15 is 0 Å². The van der Waals surface area contributed by atoms with Crippen molar-refractivity contribution in [2.75, 3.05) is 19.8 Å². The van der Waals surface area contributed by atoms with Gasteiger partial charge in [0, 0.05) is 24.6 Å². The SMILES string of the molecule is Cc1cc(C)c(CC2(CNC(C)C)CCOC2)c(C)c1. The molecule has 0 spiro atoms. The van der Waals surface area contributed by atoms with E-state index in [0.29, 0.717) is 6.04 Å². The Bertz CT molecular complexity index is 435. The fourth-order valence-corrected chi connectivity index (χ4v) is 3.28. The molecule has 1 aromatic carbocycles. The van der Waals surface area contributed by atoms with Gasteiger partial charge in [-0.2, -0.15) is 0 Å². The first-order valence-electron chi connectivity index (χ1n) is 7.80. The lowest BCUT2D eigenvalue weighted by Gasteiger charge is -2.30. The standard InChI is InChI=1S/C18H29NO/c1-13(2)19-11-18(6-7-20-12-18)10-17-15(4)8-14(3)9-16(17)5/h8-9,13,19H,6-7,10-12H2,1-5H3. The van der Waals surface area contributed by atoms with Gasteiger partial charge in [0.25, 0.3) is 0 Å². The van der Waals surface area contributed by atoms with Crippen LogP contribution in [0.2, 0.25) is 0 Å². The Morgan fingerprint density at radius 2 is 1.85 bits per heavy atom. The summed E-state index contributed by atoms with van der Waals surface area (Å²) in [6.07, 6.45) is 2.30. The van der Waals surface area contributed by atoms with E-state index in [1.54, 1.807) is 0 Å². The van der Waals surface area contributed by atoms with Crippen molar-refractivity contribution in [2.24, 2.45) is 5.41 Å². The molecule has 1 N–H and O–H groups in total. The summed E-state index contributed by atoms with van der Waals surface area (Å²) in [5, 5.41) is 3.62. The number of benzene rings is 1. The number of nitrogens with one attached hydrogen (secondary N) is 1. The predicted octanol–water partition coefficient (Wildman–Crippen LogP) is 3.56. The summed E-state index contributed by atoms with van der Waals surface area (Å²) >= 11 is 0. The van der Waals surface area contributed by atoms with Crippen molar-refractivity contribution in [3.05, 3.63) is 34.4 Å². The van der Waals surface area contributed by atoms with Crippen LogP contribution in [0.25, 0.3) is 0 Å². The largest absolute Gasteiger partial charge is 0.381 e. The average Bonchev–Trinajstić information content (AvgIpc) is 2.81. The van der Waals surface area contributed by atoms with E-state index in [1.165, 1.54) is 28.7 Å². The van der Waals surface area contributed by atoms with E-state index in [1.807, 2.05) is 0 Å². The lowest BCUT2D eigenvalue weighted by Crippen LogP contribution is -2.40. The minimum Gasteiger partial charge on any atom is -0.381 e. The van der Waals surface area contributed by atoms with Gasteiger partial charge in [-0.1, -0.05) is 31.5 Å². The molecule has 0 radical (unpaired) electrons. The van der Waals surface area contributed by atoms with Gasteiger partial charge in [0.1, 0.15) is 0 Å². The maximum Gasteiger partial charge on any atom is 0.0538 e. The molecular weight excluding hydrogens is 246 g/mol. The molecule has 1 heterocycles. The summed E-state index contributed by atoms with van der Waals surface area (Å²) < 4.78 is 5.73. The highest BCUT2D eigenvalue weighted by atomic mass is 16.5. The van der Waals surface area contributed by atoms with Gasteiger partial charge >= 0.3 is 0 Å². The van der Waals surface area contributed by atoms with Gasteiger partial charge in [0.05, 0.1) is 6.61 Å². The summed E-state index contributed by atoms with van der Waals surface area (Å²) in [4.78, 5) is 0. The summed E-state index contributed by atoms with van der Waals surface area (Å²) in [5.74, 6) is 0. The molecule has 1 aliphatic heterocycles. The lowest BCUT2D eigenvalue weighted by molar-refractivity contribution is 0.147. The molecule has 0 aromatic heterocycles. The maximum atomic E-state index is 5.73. The van der Waals surface area contributed by atoms with Crippen molar-refractivity contribution >= 4 is 0 Å². The molecule has 2 nitrogen and oxygen atoms in total. The third-order valence-electron chi connectivity index (χ3n) is 4.46. The van der Waals surface area contributed by atoms with Crippen molar-refractivity contribution in [1.29, 1.82) is 0 Å². The van der Waals surface area contributed by atoms with Crippen molar-refractivity contribution in [1.82, 2.24) is 5.32 Å². The second-order valence-electron chi connectivity index (χ2n) is 6.89. The molecule has 0 bridgehead atoms. The molecule has 112 valence electrons. The number of aryl methyl sites for hydroxylation is 3. The van der Waals surface area contributed by atoms with Crippen LogP contribution in [0.5, 0.6) is 0 Å². The molecular formula is C18H29NO. The highest BCUT2D eigenvalue weighted by molar-refractivity contribution is 5.38. The highest BCUT2D eigenvalue weighted by Crippen LogP contribution is 2.34. The molecule has 1 aliphatic rings. The molecule has 0 saturated carbocycles. The fraction of sp³-hybridized carbons (Fsp3) is 0.667. The second kappa shape index (κ2) is 6.28. The summed E-state index contributed by atoms with van der Waals surface area (Å²) in [6, 6.07) is 5.15. The average molecular weight is 275 g/mol. The molecule has 0 amide bonds. The molecule has 1 unspecified atom stereocenters. The molecule has 2 heteroatoms. The van der Waals surface area contributed by atoms with E-state index in [2.05, 4.69) is 52.1 Å². The smallest absolute Gasteiger partial charge is 0.0538 e. The number of rotatable bonds is 5. The van der Waals surface area contributed by atoms with E-state index < -0.39 is 0 Å². The van der Waals surface area contributed by atoms with Crippen LogP contribution in [-0.2, 0) is 11.2 Å². The first-order chi connectivity index (χ1) is 9.42. The highest BCUT2D eigenvalue weighted by Gasteiger charge is 2.35. The molecule has 20 heavy (non-hydrogen) atoms. The first-order valence-corrected chi connectivity index (χ1v) is 7.80. The van der Waals surface area contributed by atoms with Crippen LogP contribution in [-0.4, -0.2) is 25.8 Å². The van der Waals surface area contributed by atoms with Gasteiger partial charge in [0.2, 0.25) is 0 Å². The Kier molecular flexibility index (Phi) is 4.87. The number of hydrogen-bond donors (Lipinski definition) is 1. The summed E-state index contributed by atoms with van der Waals surface area (Å²) in [6.45, 7) is 13.9. The zero-order chi connectivity index (χ0) is 14.8. The molecule has 1 aromatic rings. The number of ether oxygens (including phenoxy) is 1. The van der Waals surface area contributed by atoms with Crippen LogP contribution in [0.15, 0.2) is 12.1 Å². The lowest BCUT2D eigenvalue weighted by atomic mass is 9.78. The van der Waals surface area contributed by atoms with E-state index in [-0.39, 0.29) is 5.41 Å². The van der Waals surface area contributed by atoms with Gasteiger partial charge in [-0.15, -0.1) is 0 Å². The zero-order valence-corrected chi connectivity index (χ0v) is 13.7. The van der Waals surface area contributed by atoms with Gasteiger partial charge < -0.3 is 10.1 Å². The van der Waals surface area contributed by atoms with Crippen molar-refractivity contribution in [3.8, 4) is 0 Å². The van der Waals surface area contributed by atoms with Gasteiger partial charge in [0.15, 0.2) is 0 Å². The molecule has 1 fully saturated rings. The molecule has 0 aliphatic carbocycles. The summed E-state index contributed by atoms with van der Waals surface area (Å²) in [7, 11) is 0. The van der Waals surface area contributed by atoms with Gasteiger partial charge in [-0.05, 0) is 50.3 Å². The normalized spacial score (nSPS) is 22.7. The Hall–Kier alpha value is -0.860. The predicted molar refractivity (Wildman–Crippen MR) is 85.4 cm³/mol. The first kappa shape index (κ1) is 15.5. The Morgan fingerprint density at radius 1 is 1.20 bits per heavy atom. The Morgan fingerprint density at radius 3 is 2.35 bits per heavy atom.